The maximum Gasteiger partial charge on any atom is 0.487 e. The van der Waals surface area contributed by atoms with E-state index in [2.05, 4.69) is 0 Å². The van der Waals surface area contributed by atoms with Crippen LogP contribution in [0, 0.1) is 17.8 Å². The molecule has 2 aliphatic heterocycles. The highest BCUT2D eigenvalue weighted by atomic mass is 35.5. The number of amides is 2. The lowest BCUT2D eigenvalue weighted by Gasteiger charge is -2.42. The second kappa shape index (κ2) is 8.31. The quantitative estimate of drug-likeness (QED) is 0.465. The number of aromatic hydroxyl groups is 1. The Morgan fingerprint density at radius 1 is 1.22 bits per heavy atom. The summed E-state index contributed by atoms with van der Waals surface area (Å²) in [6.07, 6.45) is -0.0726. The van der Waals surface area contributed by atoms with E-state index in [-0.39, 0.29) is 42.2 Å². The summed E-state index contributed by atoms with van der Waals surface area (Å²) in [4.78, 5) is 28.9. The number of rotatable bonds is 4. The van der Waals surface area contributed by atoms with E-state index in [9.17, 15) is 24.8 Å². The molecule has 3 aliphatic rings. The van der Waals surface area contributed by atoms with Gasteiger partial charge in [-0.15, -0.1) is 11.3 Å². The van der Waals surface area contributed by atoms with E-state index in [0.717, 1.165) is 4.88 Å². The molecular weight excluding hydrogens is 453 g/mol. The lowest BCUT2D eigenvalue weighted by molar-refractivity contribution is -0.140. The number of carbonyl (C=O) groups excluding carboxylic acids is 2. The molecule has 2 aromatic rings. The number of aliphatic hydroxyl groups is 1. The first-order valence-electron chi connectivity index (χ1n) is 10.4. The summed E-state index contributed by atoms with van der Waals surface area (Å²) in [5, 5.41) is 32.7. The van der Waals surface area contributed by atoms with Crippen LogP contribution >= 0.6 is 22.9 Å². The molecule has 2 amide bonds. The van der Waals surface area contributed by atoms with E-state index < -0.39 is 31.0 Å². The summed E-state index contributed by atoms with van der Waals surface area (Å²) >= 11 is 7.79. The lowest BCUT2D eigenvalue weighted by Crippen LogP contribution is -2.45. The monoisotopic (exact) mass is 473 g/mol. The molecule has 4 atom stereocenters. The molecule has 10 heteroatoms. The summed E-state index contributed by atoms with van der Waals surface area (Å²) in [6.45, 7) is -0.0857. The molecule has 1 aromatic carbocycles. The van der Waals surface area contributed by atoms with E-state index in [1.54, 1.807) is 6.07 Å². The van der Waals surface area contributed by atoms with Crippen LogP contribution in [0.3, 0.4) is 0 Å². The van der Waals surface area contributed by atoms with Crippen molar-refractivity contribution in [2.24, 2.45) is 17.8 Å². The maximum atomic E-state index is 13.4. The number of halogens is 1. The van der Waals surface area contributed by atoms with Crippen molar-refractivity contribution >= 4 is 41.9 Å². The molecule has 0 spiro atoms. The van der Waals surface area contributed by atoms with Crippen molar-refractivity contribution in [2.45, 2.75) is 25.5 Å². The molecular formula is C22H21BClNO6S. The smallest absolute Gasteiger partial charge is 0.487 e. The average molecular weight is 474 g/mol. The number of hydrogen-bond donors (Lipinski definition) is 3. The molecule has 3 N–H and O–H groups in total. The Balaban J connectivity index is 1.50. The molecule has 0 radical (unpaired) electrons. The normalized spacial score (nSPS) is 27.7. The molecule has 1 aliphatic carbocycles. The van der Waals surface area contributed by atoms with Crippen molar-refractivity contribution in [3.63, 3.8) is 0 Å². The van der Waals surface area contributed by atoms with Crippen LogP contribution in [0.5, 0.6) is 5.75 Å². The molecule has 0 bridgehead atoms. The van der Waals surface area contributed by atoms with E-state index in [1.165, 1.54) is 28.4 Å². The van der Waals surface area contributed by atoms with Crippen molar-refractivity contribution in [3.05, 3.63) is 62.2 Å². The molecule has 166 valence electrons. The Bertz CT molecular complexity index is 1110. The topological polar surface area (TPSA) is 107 Å². The zero-order valence-electron chi connectivity index (χ0n) is 17.0. The Labute approximate surface area is 194 Å². The summed E-state index contributed by atoms with van der Waals surface area (Å²) in [6, 6.07) is 8.27. The number of phenolic OH excluding ortho intramolecular Hbond substituents is 1. The van der Waals surface area contributed by atoms with Crippen molar-refractivity contribution in [2.75, 3.05) is 6.61 Å². The summed E-state index contributed by atoms with van der Waals surface area (Å²) in [5.41, 5.74) is 1.64. The van der Waals surface area contributed by atoms with E-state index >= 15 is 0 Å². The molecule has 7 nitrogen and oxygen atoms in total. The molecule has 1 aromatic heterocycles. The van der Waals surface area contributed by atoms with Crippen LogP contribution in [0.15, 0.2) is 46.8 Å². The number of thiophene rings is 1. The van der Waals surface area contributed by atoms with Gasteiger partial charge in [0.15, 0.2) is 0 Å². The SMILES string of the molecule is O=C1[C@H]2[C@H](CC(CO)=C3B(O)O[C@H](c4ccc(O)cc4Cl)C[C@H]32)C(=O)N1Cc1cccs1. The van der Waals surface area contributed by atoms with Gasteiger partial charge in [-0.3, -0.25) is 14.5 Å². The van der Waals surface area contributed by atoms with Gasteiger partial charge in [-0.05, 0) is 58.9 Å². The van der Waals surface area contributed by atoms with Crippen molar-refractivity contribution in [1.29, 1.82) is 0 Å². The van der Waals surface area contributed by atoms with Crippen molar-refractivity contribution in [1.82, 2.24) is 4.90 Å². The number of nitrogens with zero attached hydrogens (tertiary/aromatic N) is 1. The van der Waals surface area contributed by atoms with Crippen molar-refractivity contribution in [3.8, 4) is 5.75 Å². The average Bonchev–Trinajstić information content (AvgIpc) is 3.36. The van der Waals surface area contributed by atoms with Crippen LogP contribution in [-0.2, 0) is 20.8 Å². The van der Waals surface area contributed by atoms with Crippen LogP contribution in [0.25, 0.3) is 0 Å². The van der Waals surface area contributed by atoms with Gasteiger partial charge in [0, 0.05) is 9.90 Å². The van der Waals surface area contributed by atoms with Gasteiger partial charge in [-0.2, -0.15) is 0 Å². The predicted molar refractivity (Wildman–Crippen MR) is 119 cm³/mol. The number of allylic oxidation sites excluding steroid dienone is 1. The standard InChI is InChI=1S/C22H21BClNO6S/c24-17-7-12(27)3-4-14(17)18-8-15-19-16(6-11(10-26)20(15)23(30)31-18)21(28)25(22(19)29)9-13-2-1-5-32-13/h1-5,7,15-16,18-19,26-27,30H,6,8-10H2/t15-,16-,18-,19+/m0/s1. The predicted octanol–water partition coefficient (Wildman–Crippen LogP) is 2.70. The van der Waals surface area contributed by atoms with E-state index in [1.807, 2.05) is 17.5 Å². The first-order chi connectivity index (χ1) is 15.4. The third kappa shape index (κ3) is 3.49. The molecule has 0 saturated carbocycles. The molecule has 32 heavy (non-hydrogen) atoms. The van der Waals surface area contributed by atoms with Gasteiger partial charge in [0.1, 0.15) is 5.75 Å². The number of aliphatic hydroxyl groups excluding tert-OH is 1. The summed E-state index contributed by atoms with van der Waals surface area (Å²) in [5.74, 6) is -2.13. The molecule has 0 unspecified atom stereocenters. The number of benzene rings is 1. The number of fused-ring (bicyclic) bond motifs is 3. The maximum absolute atomic E-state index is 13.4. The van der Waals surface area contributed by atoms with Gasteiger partial charge in [-0.1, -0.05) is 23.7 Å². The molecule has 2 saturated heterocycles. The minimum absolute atomic E-state index is 0.0109. The Hall–Kier alpha value is -2.17. The third-order valence-corrected chi connectivity index (χ3v) is 7.91. The van der Waals surface area contributed by atoms with Crippen LogP contribution in [-0.4, -0.2) is 45.7 Å². The number of likely N-dealkylation sites (tertiary alicyclic amines) is 1. The van der Waals surface area contributed by atoms with Crippen LogP contribution in [0.2, 0.25) is 5.02 Å². The van der Waals surface area contributed by atoms with E-state index in [0.29, 0.717) is 23.0 Å². The zero-order valence-corrected chi connectivity index (χ0v) is 18.6. The van der Waals surface area contributed by atoms with Gasteiger partial charge in [0.25, 0.3) is 0 Å². The molecule has 5 rings (SSSR count). The van der Waals surface area contributed by atoms with Crippen molar-refractivity contribution < 1.29 is 29.5 Å². The Kier molecular flexibility index (Phi) is 5.63. The fraction of sp³-hybridized carbons (Fsp3) is 0.364. The zero-order chi connectivity index (χ0) is 22.6. The summed E-state index contributed by atoms with van der Waals surface area (Å²) in [7, 11) is -1.32. The van der Waals surface area contributed by atoms with Gasteiger partial charge < -0.3 is 19.9 Å². The molecule has 3 heterocycles. The third-order valence-electron chi connectivity index (χ3n) is 6.72. The fourth-order valence-electron chi connectivity index (χ4n) is 5.31. The second-order valence-electron chi connectivity index (χ2n) is 8.42. The van der Waals surface area contributed by atoms with Crippen LogP contribution < -0.4 is 0 Å². The van der Waals surface area contributed by atoms with Crippen LogP contribution in [0.1, 0.15) is 29.4 Å². The number of hydrogen-bond acceptors (Lipinski definition) is 7. The minimum atomic E-state index is -1.32. The van der Waals surface area contributed by atoms with Gasteiger partial charge >= 0.3 is 7.12 Å². The summed E-state index contributed by atoms with van der Waals surface area (Å²) < 4.78 is 5.83. The lowest BCUT2D eigenvalue weighted by atomic mass is 9.55. The number of imide groups is 1. The van der Waals surface area contributed by atoms with Crippen LogP contribution in [0.4, 0.5) is 0 Å². The molecule has 2 fully saturated rings. The minimum Gasteiger partial charge on any atom is -0.508 e. The Morgan fingerprint density at radius 2 is 2.03 bits per heavy atom. The largest absolute Gasteiger partial charge is 0.508 e. The van der Waals surface area contributed by atoms with Gasteiger partial charge in [0.05, 0.1) is 31.1 Å². The first kappa shape index (κ1) is 21.7. The van der Waals surface area contributed by atoms with E-state index in [4.69, 9.17) is 16.3 Å². The highest BCUT2D eigenvalue weighted by Crippen LogP contribution is 2.52. The second-order valence-corrected chi connectivity index (χ2v) is 9.86. The number of carbonyl (C=O) groups is 2. The number of phenols is 1. The Morgan fingerprint density at radius 3 is 2.72 bits per heavy atom. The highest BCUT2D eigenvalue weighted by Gasteiger charge is 2.57. The highest BCUT2D eigenvalue weighted by molar-refractivity contribution is 7.09. The van der Waals surface area contributed by atoms with Gasteiger partial charge in [0.2, 0.25) is 11.8 Å². The fourth-order valence-corrected chi connectivity index (χ4v) is 6.30. The van der Waals surface area contributed by atoms with Gasteiger partial charge in [-0.25, -0.2) is 0 Å². The first-order valence-corrected chi connectivity index (χ1v) is 11.7.